The van der Waals surface area contributed by atoms with Gasteiger partial charge in [0.25, 0.3) is 5.91 Å². The normalized spacial score (nSPS) is 13.0. The second-order valence-corrected chi connectivity index (χ2v) is 4.75. The van der Waals surface area contributed by atoms with E-state index in [1.54, 1.807) is 0 Å². The summed E-state index contributed by atoms with van der Waals surface area (Å²) in [5, 5.41) is 12.9. The number of nitrogens with zero attached hydrogens (tertiary/aromatic N) is 1. The van der Waals surface area contributed by atoms with E-state index in [4.69, 9.17) is 4.74 Å². The summed E-state index contributed by atoms with van der Waals surface area (Å²) in [5.41, 5.74) is 2.61. The number of hydrogen-bond donors (Lipinski definition) is 3. The third kappa shape index (κ3) is 3.05. The molecule has 1 amide bonds. The number of carbonyl (C=O) groups is 1. The number of rotatable bonds is 3. The summed E-state index contributed by atoms with van der Waals surface area (Å²) < 4.78 is 18.2. The van der Waals surface area contributed by atoms with Gasteiger partial charge in [-0.1, -0.05) is 0 Å². The molecule has 0 atom stereocenters. The molecule has 0 radical (unpaired) electrons. The quantitative estimate of drug-likeness (QED) is 0.804. The average molecular weight is 327 g/mol. The van der Waals surface area contributed by atoms with Crippen LogP contribution in [0.5, 0.6) is 5.75 Å². The van der Waals surface area contributed by atoms with Crippen LogP contribution in [0.15, 0.2) is 18.2 Å². The van der Waals surface area contributed by atoms with Gasteiger partial charge in [-0.15, -0.1) is 12.4 Å². The lowest BCUT2D eigenvalue weighted by molar-refractivity contribution is 0.102. The molecule has 3 N–H and O–H groups in total. The van der Waals surface area contributed by atoms with Crippen molar-refractivity contribution in [1.29, 1.82) is 0 Å². The zero-order chi connectivity index (χ0) is 14.8. The molecule has 2 aromatic rings. The average Bonchev–Trinajstić information content (AvgIpc) is 2.93. The second kappa shape index (κ2) is 6.76. The first kappa shape index (κ1) is 16.3. The number of carbonyl (C=O) groups excluding carboxylic acids is 1. The van der Waals surface area contributed by atoms with Crippen molar-refractivity contribution >= 4 is 24.0 Å². The number of benzene rings is 1. The number of anilines is 1. The minimum absolute atomic E-state index is 0. The molecule has 118 valence electrons. The van der Waals surface area contributed by atoms with Gasteiger partial charge in [0.05, 0.1) is 12.8 Å². The van der Waals surface area contributed by atoms with E-state index >= 15 is 0 Å². The van der Waals surface area contributed by atoms with Gasteiger partial charge in [0.2, 0.25) is 0 Å². The van der Waals surface area contributed by atoms with Crippen LogP contribution in [-0.2, 0) is 13.0 Å². The van der Waals surface area contributed by atoms with Crippen molar-refractivity contribution in [3.63, 3.8) is 0 Å². The Hall–Kier alpha value is -2.12. The minimum Gasteiger partial charge on any atom is -0.494 e. The van der Waals surface area contributed by atoms with E-state index in [-0.39, 0.29) is 24.1 Å². The van der Waals surface area contributed by atoms with Crippen LogP contribution in [0.1, 0.15) is 21.7 Å². The van der Waals surface area contributed by atoms with Crippen molar-refractivity contribution in [1.82, 2.24) is 15.5 Å². The predicted octanol–water partition coefficient (Wildman–Crippen LogP) is 1.88. The number of halogens is 2. The Morgan fingerprint density at radius 2 is 2.27 bits per heavy atom. The lowest BCUT2D eigenvalue weighted by atomic mass is 10.1. The van der Waals surface area contributed by atoms with Crippen LogP contribution in [0.25, 0.3) is 0 Å². The highest BCUT2D eigenvalue weighted by Crippen LogP contribution is 2.26. The first-order valence-electron chi connectivity index (χ1n) is 6.60. The molecule has 0 saturated heterocycles. The summed E-state index contributed by atoms with van der Waals surface area (Å²) in [5.74, 6) is -0.502. The van der Waals surface area contributed by atoms with E-state index in [1.807, 2.05) is 0 Å². The van der Waals surface area contributed by atoms with Gasteiger partial charge in [-0.25, -0.2) is 4.39 Å². The monoisotopic (exact) mass is 326 g/mol. The summed E-state index contributed by atoms with van der Waals surface area (Å²) in [7, 11) is 1.42. The number of hydrogen-bond acceptors (Lipinski definition) is 4. The van der Waals surface area contributed by atoms with Gasteiger partial charge in [0.15, 0.2) is 5.69 Å². The fraction of sp³-hybridized carbons (Fsp3) is 0.286. The maximum absolute atomic E-state index is 13.2. The van der Waals surface area contributed by atoms with E-state index in [2.05, 4.69) is 20.8 Å². The smallest absolute Gasteiger partial charge is 0.276 e. The maximum atomic E-state index is 13.2. The summed E-state index contributed by atoms with van der Waals surface area (Å²) in [6.45, 7) is 1.47. The molecule has 1 aliphatic heterocycles. The molecule has 0 fully saturated rings. The number of methoxy groups -OCH3 is 1. The van der Waals surface area contributed by atoms with E-state index in [0.717, 1.165) is 24.2 Å². The van der Waals surface area contributed by atoms with Gasteiger partial charge in [-0.2, -0.15) is 5.10 Å². The molecule has 6 nitrogen and oxygen atoms in total. The highest BCUT2D eigenvalue weighted by atomic mass is 35.5. The Balaban J connectivity index is 0.00000176. The zero-order valence-electron chi connectivity index (χ0n) is 11.9. The molecule has 0 saturated carbocycles. The molecule has 0 unspecified atom stereocenters. The van der Waals surface area contributed by atoms with E-state index in [1.165, 1.54) is 25.3 Å². The Kier molecular flexibility index (Phi) is 4.99. The summed E-state index contributed by atoms with van der Waals surface area (Å²) in [6.07, 6.45) is 0.815. The Bertz CT molecular complexity index is 689. The van der Waals surface area contributed by atoms with E-state index in [9.17, 15) is 9.18 Å². The molecule has 0 aliphatic carbocycles. The molecule has 8 heteroatoms. The standard InChI is InChI=1S/C14H15FN4O2.ClH/c1-21-12-6-8(15)2-3-11(12)17-14(20)13-9-7-16-5-4-10(9)18-19-13;/h2-3,6,16H,4-5,7H2,1H3,(H,17,20)(H,18,19);1H. The molecule has 1 aromatic carbocycles. The van der Waals surface area contributed by atoms with Crippen molar-refractivity contribution < 1.29 is 13.9 Å². The lowest BCUT2D eigenvalue weighted by Crippen LogP contribution is -2.25. The van der Waals surface area contributed by atoms with Gasteiger partial charge in [0, 0.05) is 36.8 Å². The van der Waals surface area contributed by atoms with Gasteiger partial charge >= 0.3 is 0 Å². The summed E-state index contributed by atoms with van der Waals surface area (Å²) >= 11 is 0. The number of aromatic amines is 1. The number of H-pyrrole nitrogens is 1. The van der Waals surface area contributed by atoms with E-state index in [0.29, 0.717) is 17.9 Å². The minimum atomic E-state index is -0.425. The van der Waals surface area contributed by atoms with Crippen molar-refractivity contribution in [3.8, 4) is 5.75 Å². The fourth-order valence-corrected chi connectivity index (χ4v) is 2.36. The first-order valence-corrected chi connectivity index (χ1v) is 6.60. The van der Waals surface area contributed by atoms with Crippen molar-refractivity contribution in [2.75, 3.05) is 19.0 Å². The Labute approximate surface area is 132 Å². The van der Waals surface area contributed by atoms with Crippen molar-refractivity contribution in [3.05, 3.63) is 41.0 Å². The molecule has 3 rings (SSSR count). The van der Waals surface area contributed by atoms with Gasteiger partial charge in [-0.05, 0) is 12.1 Å². The zero-order valence-corrected chi connectivity index (χ0v) is 12.7. The van der Waals surface area contributed by atoms with Crippen LogP contribution in [0.3, 0.4) is 0 Å². The molecule has 1 aliphatic rings. The number of amides is 1. The van der Waals surface area contributed by atoms with Crippen LogP contribution in [-0.4, -0.2) is 29.8 Å². The van der Waals surface area contributed by atoms with Crippen LogP contribution in [0.4, 0.5) is 10.1 Å². The van der Waals surface area contributed by atoms with Crippen molar-refractivity contribution in [2.45, 2.75) is 13.0 Å². The SMILES string of the molecule is COc1cc(F)ccc1NC(=O)c1n[nH]c2c1CNCC2.Cl. The van der Waals surface area contributed by atoms with Crippen molar-refractivity contribution in [2.24, 2.45) is 0 Å². The lowest BCUT2D eigenvalue weighted by Gasteiger charge is -2.13. The number of aromatic nitrogens is 2. The maximum Gasteiger partial charge on any atom is 0.276 e. The third-order valence-electron chi connectivity index (χ3n) is 3.43. The topological polar surface area (TPSA) is 79.0 Å². The third-order valence-corrected chi connectivity index (χ3v) is 3.43. The summed E-state index contributed by atoms with van der Waals surface area (Å²) in [6, 6.07) is 3.94. The summed E-state index contributed by atoms with van der Waals surface area (Å²) in [4.78, 5) is 12.3. The van der Waals surface area contributed by atoms with Crippen LogP contribution in [0.2, 0.25) is 0 Å². The van der Waals surface area contributed by atoms with Crippen LogP contribution in [0, 0.1) is 5.82 Å². The van der Waals surface area contributed by atoms with Gasteiger partial charge in [-0.3, -0.25) is 9.89 Å². The van der Waals surface area contributed by atoms with Gasteiger partial charge < -0.3 is 15.4 Å². The number of nitrogens with one attached hydrogen (secondary N) is 3. The van der Waals surface area contributed by atoms with E-state index < -0.39 is 5.82 Å². The van der Waals surface area contributed by atoms with Crippen LogP contribution < -0.4 is 15.4 Å². The molecule has 1 aromatic heterocycles. The molecule has 0 spiro atoms. The molecule has 0 bridgehead atoms. The van der Waals surface area contributed by atoms with Gasteiger partial charge in [0.1, 0.15) is 11.6 Å². The fourth-order valence-electron chi connectivity index (χ4n) is 2.36. The van der Waals surface area contributed by atoms with Crippen LogP contribution >= 0.6 is 12.4 Å². The number of fused-ring (bicyclic) bond motifs is 1. The Morgan fingerprint density at radius 1 is 1.45 bits per heavy atom. The Morgan fingerprint density at radius 3 is 3.05 bits per heavy atom. The first-order chi connectivity index (χ1) is 10.2. The second-order valence-electron chi connectivity index (χ2n) is 4.75. The highest BCUT2D eigenvalue weighted by molar-refractivity contribution is 6.04. The number of ether oxygens (including phenoxy) is 1. The molecular formula is C14H16ClFN4O2. The highest BCUT2D eigenvalue weighted by Gasteiger charge is 2.22. The predicted molar refractivity (Wildman–Crippen MR) is 82.2 cm³/mol. The molecule has 22 heavy (non-hydrogen) atoms. The largest absolute Gasteiger partial charge is 0.494 e. The molecule has 2 heterocycles. The molecular weight excluding hydrogens is 311 g/mol.